The quantitative estimate of drug-likeness (QED) is 0.600. The Morgan fingerprint density at radius 1 is 0.885 bits per heavy atom. The lowest BCUT2D eigenvalue weighted by Crippen LogP contribution is -2.45. The third-order valence-electron chi connectivity index (χ3n) is 6.29. The van der Waals surface area contributed by atoms with Crippen LogP contribution in [0.25, 0.3) is 0 Å². The molecule has 4 bridgehead atoms. The molecule has 0 aromatic heterocycles. The number of esters is 2. The van der Waals surface area contributed by atoms with E-state index in [1.165, 1.54) is 58.8 Å². The SMILES string of the molecule is COC(=O)c1cc(C#CC23CC4CC(CC(C4)C2)C3)cc(C(=O)OC)c1. The van der Waals surface area contributed by atoms with Crippen molar-refractivity contribution in [1.82, 2.24) is 0 Å². The molecule has 0 radical (unpaired) electrons. The second-order valence-electron chi connectivity index (χ2n) is 8.23. The fourth-order valence-corrected chi connectivity index (χ4v) is 5.64. The molecule has 0 N–H and O–H groups in total. The number of carbonyl (C=O) groups excluding carboxylic acids is 2. The Hall–Kier alpha value is -2.28. The topological polar surface area (TPSA) is 52.6 Å². The highest BCUT2D eigenvalue weighted by molar-refractivity contribution is 5.96. The lowest BCUT2D eigenvalue weighted by atomic mass is 9.50. The summed E-state index contributed by atoms with van der Waals surface area (Å²) >= 11 is 0. The van der Waals surface area contributed by atoms with Crippen LogP contribution in [0.2, 0.25) is 0 Å². The first-order valence-electron chi connectivity index (χ1n) is 9.35. The average Bonchev–Trinajstić information content (AvgIpc) is 2.64. The van der Waals surface area contributed by atoms with Gasteiger partial charge in [-0.2, -0.15) is 0 Å². The smallest absolute Gasteiger partial charge is 0.337 e. The molecule has 1 aromatic rings. The third-order valence-corrected chi connectivity index (χ3v) is 6.29. The van der Waals surface area contributed by atoms with Crippen molar-refractivity contribution in [2.45, 2.75) is 38.5 Å². The molecular weight excluding hydrogens is 328 g/mol. The first-order valence-corrected chi connectivity index (χ1v) is 9.35. The minimum Gasteiger partial charge on any atom is -0.465 e. The van der Waals surface area contributed by atoms with Crippen LogP contribution in [-0.4, -0.2) is 26.2 Å². The van der Waals surface area contributed by atoms with Crippen molar-refractivity contribution >= 4 is 11.9 Å². The molecule has 4 nitrogen and oxygen atoms in total. The number of rotatable bonds is 2. The van der Waals surface area contributed by atoms with Gasteiger partial charge in [0, 0.05) is 11.0 Å². The summed E-state index contributed by atoms with van der Waals surface area (Å²) in [6.07, 6.45) is 7.74. The highest BCUT2D eigenvalue weighted by Gasteiger charge is 2.50. The Bertz CT molecular complexity index is 742. The van der Waals surface area contributed by atoms with Crippen LogP contribution in [0.5, 0.6) is 0 Å². The van der Waals surface area contributed by atoms with E-state index in [2.05, 4.69) is 11.8 Å². The van der Waals surface area contributed by atoms with E-state index in [1.54, 1.807) is 12.1 Å². The molecule has 0 aliphatic heterocycles. The number of benzene rings is 1. The zero-order valence-corrected chi connectivity index (χ0v) is 15.3. The maximum absolute atomic E-state index is 11.9. The van der Waals surface area contributed by atoms with Gasteiger partial charge in [-0.05, 0) is 74.5 Å². The van der Waals surface area contributed by atoms with Crippen LogP contribution < -0.4 is 0 Å². The summed E-state index contributed by atoms with van der Waals surface area (Å²) in [4.78, 5) is 23.9. The molecule has 4 aliphatic carbocycles. The van der Waals surface area contributed by atoms with Crippen molar-refractivity contribution in [3.05, 3.63) is 34.9 Å². The van der Waals surface area contributed by atoms with Crippen molar-refractivity contribution < 1.29 is 19.1 Å². The van der Waals surface area contributed by atoms with Gasteiger partial charge in [-0.15, -0.1) is 0 Å². The fraction of sp³-hybridized carbons (Fsp3) is 0.545. The van der Waals surface area contributed by atoms with Crippen LogP contribution in [0, 0.1) is 35.0 Å². The van der Waals surface area contributed by atoms with Gasteiger partial charge < -0.3 is 9.47 Å². The van der Waals surface area contributed by atoms with E-state index in [4.69, 9.17) is 9.47 Å². The van der Waals surface area contributed by atoms with Crippen LogP contribution in [0.1, 0.15) is 64.8 Å². The normalized spacial score (nSPS) is 31.1. The van der Waals surface area contributed by atoms with Gasteiger partial charge in [0.1, 0.15) is 0 Å². The van der Waals surface area contributed by atoms with E-state index < -0.39 is 11.9 Å². The van der Waals surface area contributed by atoms with Crippen molar-refractivity contribution in [1.29, 1.82) is 0 Å². The van der Waals surface area contributed by atoms with E-state index >= 15 is 0 Å². The molecule has 26 heavy (non-hydrogen) atoms. The third kappa shape index (κ3) is 3.11. The standard InChI is InChI=1S/C22H24O4/c1-25-20(23)18-8-14(9-19(10-18)21(24)26-2)3-4-22-11-15-5-16(12-22)7-17(6-15)13-22/h8-10,15-17H,5-7,11-13H2,1-2H3. The molecule has 0 heterocycles. The van der Waals surface area contributed by atoms with Gasteiger partial charge in [0.05, 0.1) is 25.3 Å². The molecule has 136 valence electrons. The molecule has 4 heteroatoms. The molecule has 4 saturated carbocycles. The molecule has 0 spiro atoms. The van der Waals surface area contributed by atoms with Crippen molar-refractivity contribution in [3.63, 3.8) is 0 Å². The van der Waals surface area contributed by atoms with E-state index in [-0.39, 0.29) is 5.41 Å². The predicted molar refractivity (Wildman–Crippen MR) is 96.6 cm³/mol. The number of ether oxygens (including phenoxy) is 2. The second-order valence-corrected chi connectivity index (χ2v) is 8.23. The highest BCUT2D eigenvalue weighted by atomic mass is 16.5. The Balaban J connectivity index is 1.67. The maximum atomic E-state index is 11.9. The summed E-state index contributed by atoms with van der Waals surface area (Å²) in [5.74, 6) is 8.38. The van der Waals surface area contributed by atoms with E-state index in [1.807, 2.05) is 0 Å². The predicted octanol–water partition coefficient (Wildman–Crippen LogP) is 3.83. The zero-order valence-electron chi connectivity index (χ0n) is 15.3. The van der Waals surface area contributed by atoms with Gasteiger partial charge in [0.2, 0.25) is 0 Å². The van der Waals surface area contributed by atoms with Gasteiger partial charge in [-0.25, -0.2) is 9.59 Å². The first kappa shape index (κ1) is 17.1. The van der Waals surface area contributed by atoms with Crippen LogP contribution in [0.4, 0.5) is 0 Å². The molecule has 4 fully saturated rings. The van der Waals surface area contributed by atoms with Gasteiger partial charge in [-0.1, -0.05) is 11.8 Å². The second kappa shape index (κ2) is 6.46. The maximum Gasteiger partial charge on any atom is 0.337 e. The monoisotopic (exact) mass is 352 g/mol. The van der Waals surface area contributed by atoms with Gasteiger partial charge in [0.25, 0.3) is 0 Å². The molecule has 0 atom stereocenters. The Morgan fingerprint density at radius 2 is 1.35 bits per heavy atom. The summed E-state index contributed by atoms with van der Waals surface area (Å²) in [7, 11) is 2.65. The van der Waals surface area contributed by atoms with Crippen LogP contribution in [-0.2, 0) is 9.47 Å². The van der Waals surface area contributed by atoms with Crippen molar-refractivity contribution in [2.24, 2.45) is 23.2 Å². The highest BCUT2D eigenvalue weighted by Crippen LogP contribution is 2.59. The first-order chi connectivity index (χ1) is 12.5. The van der Waals surface area contributed by atoms with Gasteiger partial charge in [-0.3, -0.25) is 0 Å². The van der Waals surface area contributed by atoms with Crippen LogP contribution in [0.15, 0.2) is 18.2 Å². The van der Waals surface area contributed by atoms with E-state index in [0.29, 0.717) is 16.7 Å². The lowest BCUT2D eigenvalue weighted by molar-refractivity contribution is -0.0181. The summed E-state index contributed by atoms with van der Waals surface area (Å²) in [6.45, 7) is 0. The number of hydrogen-bond acceptors (Lipinski definition) is 4. The van der Waals surface area contributed by atoms with Gasteiger partial charge in [0.15, 0.2) is 0 Å². The molecular formula is C22H24O4. The van der Waals surface area contributed by atoms with Gasteiger partial charge >= 0.3 is 11.9 Å². The summed E-state index contributed by atoms with van der Waals surface area (Å²) in [5, 5.41) is 0. The molecule has 5 rings (SSSR count). The molecule has 0 amide bonds. The van der Waals surface area contributed by atoms with Crippen LogP contribution >= 0.6 is 0 Å². The lowest BCUT2D eigenvalue weighted by Gasteiger charge is -2.54. The van der Waals surface area contributed by atoms with Crippen LogP contribution in [0.3, 0.4) is 0 Å². The Morgan fingerprint density at radius 3 is 1.77 bits per heavy atom. The minimum atomic E-state index is -0.478. The molecule has 4 aliphatic rings. The van der Waals surface area contributed by atoms with Crippen molar-refractivity contribution in [2.75, 3.05) is 14.2 Å². The molecule has 0 saturated heterocycles. The Labute approximate surface area is 154 Å². The minimum absolute atomic E-state index is 0.126. The zero-order chi connectivity index (χ0) is 18.3. The molecule has 0 unspecified atom stereocenters. The summed E-state index contributed by atoms with van der Waals surface area (Å²) < 4.78 is 9.60. The largest absolute Gasteiger partial charge is 0.465 e. The fourth-order valence-electron chi connectivity index (χ4n) is 5.64. The molecule has 1 aromatic carbocycles. The number of hydrogen-bond donors (Lipinski definition) is 0. The average molecular weight is 352 g/mol. The Kier molecular flexibility index (Phi) is 4.26. The number of carbonyl (C=O) groups is 2. The van der Waals surface area contributed by atoms with Crippen molar-refractivity contribution in [3.8, 4) is 11.8 Å². The van der Waals surface area contributed by atoms with E-state index in [0.717, 1.165) is 17.8 Å². The summed E-state index contributed by atoms with van der Waals surface area (Å²) in [5.41, 5.74) is 1.45. The number of methoxy groups -OCH3 is 2. The summed E-state index contributed by atoms with van der Waals surface area (Å²) in [6, 6.07) is 4.89. The van der Waals surface area contributed by atoms with E-state index in [9.17, 15) is 9.59 Å².